The number of benzene rings is 3. The summed E-state index contributed by atoms with van der Waals surface area (Å²) in [5.74, 6) is 2.48. The number of unbranched alkanes of at least 4 members (excludes halogenated alkanes) is 6. The Morgan fingerprint density at radius 3 is 2.08 bits per heavy atom. The molecule has 59 heavy (non-hydrogen) atoms. The molecule has 1 aromatic heterocycles. The normalized spacial score (nSPS) is 11.2. The monoisotopic (exact) mass is 799 g/mol. The van der Waals surface area contributed by atoms with E-state index >= 15 is 0 Å². The largest absolute Gasteiger partial charge is 0.496 e. The first kappa shape index (κ1) is 54.2. The van der Waals surface area contributed by atoms with E-state index in [1.165, 1.54) is 54.4 Å². The zero-order valence-corrected chi connectivity index (χ0v) is 38.8. The molecule has 0 saturated heterocycles. The van der Waals surface area contributed by atoms with Crippen LogP contribution in [-0.4, -0.2) is 35.9 Å². The molecule has 0 saturated carbocycles. The van der Waals surface area contributed by atoms with Crippen LogP contribution in [0.5, 0.6) is 5.75 Å². The van der Waals surface area contributed by atoms with E-state index in [2.05, 4.69) is 98.0 Å². The summed E-state index contributed by atoms with van der Waals surface area (Å²) in [6.45, 7) is 39.6. The number of hydrogen-bond acceptors (Lipinski definition) is 5. The molecule has 320 valence electrons. The van der Waals surface area contributed by atoms with Gasteiger partial charge in [-0.2, -0.15) is 0 Å². The maximum absolute atomic E-state index is 5.91. The number of rotatable bonds is 19. The van der Waals surface area contributed by atoms with Gasteiger partial charge in [-0.15, -0.1) is 32.9 Å². The van der Waals surface area contributed by atoms with Gasteiger partial charge in [-0.05, 0) is 86.3 Å². The quantitative estimate of drug-likeness (QED) is 0.0582. The second-order valence-electron chi connectivity index (χ2n) is 13.4. The fraction of sp³-hybridized carbons (Fsp3) is 0.434. The molecule has 3 aromatic carbocycles. The first-order valence-electron chi connectivity index (χ1n) is 22.2. The fourth-order valence-corrected chi connectivity index (χ4v) is 6.89. The summed E-state index contributed by atoms with van der Waals surface area (Å²) in [4.78, 5) is 11.7. The third-order valence-electron chi connectivity index (χ3n) is 9.70. The summed E-state index contributed by atoms with van der Waals surface area (Å²) in [7, 11) is 7.64. The van der Waals surface area contributed by atoms with E-state index in [4.69, 9.17) is 17.6 Å². The van der Waals surface area contributed by atoms with Gasteiger partial charge in [0.25, 0.3) is 0 Å². The first-order chi connectivity index (χ1) is 28.8. The summed E-state index contributed by atoms with van der Waals surface area (Å²) in [5.41, 5.74) is 9.37. The summed E-state index contributed by atoms with van der Waals surface area (Å²) < 4.78 is 5.73. The SMILES string of the molecule is C=C.C=CCCC(C=C)N1Cc2c(CC)cccc2C1=C.CC.CC.CC.[B]c1cccc(CNc2nc(C)nc3cc(CCCCCCCCC=C)c(OC)cc23)c1. The Labute approximate surface area is 363 Å². The Kier molecular flexibility index (Phi) is 30.3. The van der Waals surface area contributed by atoms with E-state index in [0.717, 1.165) is 90.1 Å². The van der Waals surface area contributed by atoms with Crippen molar-refractivity contribution in [3.8, 4) is 5.75 Å². The van der Waals surface area contributed by atoms with Crippen molar-refractivity contribution in [2.24, 2.45) is 0 Å². The predicted octanol–water partition coefficient (Wildman–Crippen LogP) is 14.2. The molecular weight excluding hydrogens is 719 g/mol. The Hall–Kier alpha value is -4.84. The van der Waals surface area contributed by atoms with Crippen LogP contribution in [0.2, 0.25) is 0 Å². The summed E-state index contributed by atoms with van der Waals surface area (Å²) in [5, 5.41) is 4.43. The molecule has 5 nitrogen and oxygen atoms in total. The summed E-state index contributed by atoms with van der Waals surface area (Å²) >= 11 is 0. The number of aryl methyl sites for hydroxylation is 3. The van der Waals surface area contributed by atoms with Gasteiger partial charge in [0.1, 0.15) is 25.2 Å². The van der Waals surface area contributed by atoms with Crippen molar-refractivity contribution in [3.05, 3.63) is 146 Å². The standard InChI is InChI=1S/C27H34BN3O.C18H23N.3C2H6.C2H4/c1-4-5-6-7-8-9-10-11-14-22-17-25-24(18-26(22)32-3)27(31-20(2)30-25)29-19-21-13-12-15-23(28)16-21;1-5-8-11-16(7-3)19-13-18-15(6-2)10-9-12-17(18)14(19)4;4*1-2/h4,12-13,15-18H,1,5-11,14,19H2,2-3H3,(H,29,30,31);5,7,9-10,12,16H,1,3-4,6,8,11,13H2,2H3;3*1-2H3;1-2H2. The van der Waals surface area contributed by atoms with E-state index < -0.39 is 0 Å². The molecule has 0 aliphatic carbocycles. The van der Waals surface area contributed by atoms with Gasteiger partial charge in [0.2, 0.25) is 0 Å². The van der Waals surface area contributed by atoms with Crippen molar-refractivity contribution in [1.82, 2.24) is 14.9 Å². The topological polar surface area (TPSA) is 50.3 Å². The number of allylic oxidation sites excluding steroid dienone is 2. The molecule has 1 aliphatic rings. The van der Waals surface area contributed by atoms with Crippen molar-refractivity contribution >= 4 is 35.7 Å². The number of aromatic nitrogens is 2. The minimum absolute atomic E-state index is 0.350. The van der Waals surface area contributed by atoms with Crippen LogP contribution in [0, 0.1) is 6.92 Å². The molecule has 1 aliphatic heterocycles. The number of methoxy groups -OCH3 is 1. The molecular formula is C53H79BN4O. The maximum atomic E-state index is 5.91. The minimum atomic E-state index is 0.350. The van der Waals surface area contributed by atoms with Crippen molar-refractivity contribution in [2.75, 3.05) is 12.4 Å². The maximum Gasteiger partial charge on any atom is 0.138 e. The Balaban J connectivity index is 0.00000106. The van der Waals surface area contributed by atoms with Gasteiger partial charge in [0, 0.05) is 35.8 Å². The van der Waals surface area contributed by atoms with Crippen molar-refractivity contribution in [3.63, 3.8) is 0 Å². The van der Waals surface area contributed by atoms with Gasteiger partial charge in [-0.1, -0.05) is 147 Å². The van der Waals surface area contributed by atoms with Gasteiger partial charge < -0.3 is 15.0 Å². The van der Waals surface area contributed by atoms with Crippen LogP contribution in [0.4, 0.5) is 5.82 Å². The molecule has 5 rings (SSSR count). The smallest absolute Gasteiger partial charge is 0.138 e. The van der Waals surface area contributed by atoms with Crippen LogP contribution < -0.4 is 15.5 Å². The molecule has 2 heterocycles. The predicted molar refractivity (Wildman–Crippen MR) is 265 cm³/mol. The van der Waals surface area contributed by atoms with Gasteiger partial charge in [-0.25, -0.2) is 9.97 Å². The highest BCUT2D eigenvalue weighted by Gasteiger charge is 2.27. The number of nitrogens with one attached hydrogen (secondary N) is 1. The van der Waals surface area contributed by atoms with Crippen LogP contribution in [0.1, 0.15) is 140 Å². The molecule has 0 amide bonds. The lowest BCUT2D eigenvalue weighted by Crippen LogP contribution is -2.27. The summed E-state index contributed by atoms with van der Waals surface area (Å²) in [6.07, 6.45) is 18.8. The molecule has 4 aromatic rings. The number of anilines is 1. The minimum Gasteiger partial charge on any atom is -0.496 e. The van der Waals surface area contributed by atoms with Crippen LogP contribution in [0.25, 0.3) is 16.6 Å². The highest BCUT2D eigenvalue weighted by atomic mass is 16.5. The number of fused-ring (bicyclic) bond motifs is 2. The third-order valence-corrected chi connectivity index (χ3v) is 9.70. The van der Waals surface area contributed by atoms with Crippen LogP contribution in [0.3, 0.4) is 0 Å². The van der Waals surface area contributed by atoms with E-state index in [1.54, 1.807) is 7.11 Å². The second-order valence-corrected chi connectivity index (χ2v) is 13.4. The molecule has 2 radical (unpaired) electrons. The Morgan fingerprint density at radius 1 is 0.831 bits per heavy atom. The second kappa shape index (κ2) is 33.0. The molecule has 1 atom stereocenters. The molecule has 6 heteroatoms. The zero-order chi connectivity index (χ0) is 44.6. The average molecular weight is 799 g/mol. The lowest BCUT2D eigenvalue weighted by atomic mass is 9.94. The van der Waals surface area contributed by atoms with E-state index in [0.29, 0.717) is 12.6 Å². The zero-order valence-electron chi connectivity index (χ0n) is 38.8. The first-order valence-corrected chi connectivity index (χ1v) is 22.2. The van der Waals surface area contributed by atoms with Gasteiger partial charge in [0.15, 0.2) is 0 Å². The Morgan fingerprint density at radius 2 is 1.47 bits per heavy atom. The van der Waals surface area contributed by atoms with Gasteiger partial charge in [-0.3, -0.25) is 0 Å². The van der Waals surface area contributed by atoms with Crippen molar-refractivity contribution in [2.45, 2.75) is 145 Å². The van der Waals surface area contributed by atoms with E-state index in [1.807, 2.05) is 84.9 Å². The number of nitrogens with zero attached hydrogens (tertiary/aromatic N) is 3. The molecule has 1 N–H and O–H groups in total. The van der Waals surface area contributed by atoms with Crippen LogP contribution in [0.15, 0.2) is 112 Å². The lowest BCUT2D eigenvalue weighted by Gasteiger charge is -2.27. The highest BCUT2D eigenvalue weighted by Crippen LogP contribution is 2.36. The van der Waals surface area contributed by atoms with Crippen LogP contribution in [-0.2, 0) is 25.9 Å². The average Bonchev–Trinajstić information content (AvgIpc) is 3.62. The number of ether oxygens (including phenoxy) is 1. The van der Waals surface area contributed by atoms with Gasteiger partial charge in [0.05, 0.1) is 12.6 Å². The third kappa shape index (κ3) is 17.9. The molecule has 1 unspecified atom stereocenters. The van der Waals surface area contributed by atoms with Crippen molar-refractivity contribution in [1.29, 1.82) is 0 Å². The summed E-state index contributed by atoms with van der Waals surface area (Å²) in [6, 6.07) is 19.0. The van der Waals surface area contributed by atoms with Crippen LogP contribution >= 0.6 is 0 Å². The van der Waals surface area contributed by atoms with E-state index in [-0.39, 0.29) is 0 Å². The van der Waals surface area contributed by atoms with Crippen molar-refractivity contribution < 1.29 is 4.74 Å². The molecule has 0 bridgehead atoms. The highest BCUT2D eigenvalue weighted by molar-refractivity contribution is 6.32. The fourth-order valence-electron chi connectivity index (χ4n) is 6.89. The number of hydrogen-bond donors (Lipinski definition) is 1. The Bertz CT molecular complexity index is 1800. The lowest BCUT2D eigenvalue weighted by molar-refractivity contribution is 0.333. The van der Waals surface area contributed by atoms with E-state index in [9.17, 15) is 0 Å². The molecule has 0 spiro atoms. The molecule has 0 fully saturated rings. The van der Waals surface area contributed by atoms with Gasteiger partial charge >= 0.3 is 0 Å².